The van der Waals surface area contributed by atoms with Crippen LogP contribution >= 0.6 is 0 Å². The van der Waals surface area contributed by atoms with Gasteiger partial charge in [-0.25, -0.2) is 8.42 Å². The molecular formula is CH2F2NO2S. The standard InChI is InChI=1S/CH2F2NO2S/c2-1(3)7(4,5)6/h1,4H. The topological polar surface area (TPSA) is 57.9 Å². The van der Waals surface area contributed by atoms with E-state index in [2.05, 4.69) is 0 Å². The molecule has 0 aromatic rings. The predicted molar refractivity (Wildman–Crippen MR) is 18.0 cm³/mol. The summed E-state index contributed by atoms with van der Waals surface area (Å²) in [6.45, 7) is 0. The summed E-state index contributed by atoms with van der Waals surface area (Å²) in [5, 5.41) is 5.61. The molecule has 0 amide bonds. The highest BCUT2D eigenvalue weighted by Gasteiger charge is 2.17. The Morgan fingerprint density at radius 1 is 1.43 bits per heavy atom. The summed E-state index contributed by atoms with van der Waals surface area (Å²) >= 11 is 0. The van der Waals surface area contributed by atoms with Crippen LogP contribution in [0.3, 0.4) is 0 Å². The number of alkyl halides is 2. The van der Waals surface area contributed by atoms with Crippen LogP contribution in [-0.4, -0.2) is 14.2 Å². The number of hydrogen-bond donors (Lipinski definition) is 0. The fourth-order valence-electron chi connectivity index (χ4n) is 0. The SMILES string of the molecule is [NH]S(=O)(=O)C(F)F. The lowest BCUT2D eigenvalue weighted by molar-refractivity contribution is 0.234. The molecule has 0 bridgehead atoms. The number of hydrogen-bond acceptors (Lipinski definition) is 2. The Hall–Kier alpha value is -0.230. The molecule has 0 aromatic carbocycles. The second-order valence-corrected chi connectivity index (χ2v) is 2.25. The Bertz CT molecular complexity index is 138. The van der Waals surface area contributed by atoms with E-state index in [0.29, 0.717) is 0 Å². The van der Waals surface area contributed by atoms with Gasteiger partial charge in [0.05, 0.1) is 0 Å². The van der Waals surface area contributed by atoms with Gasteiger partial charge in [0.25, 0.3) is 10.0 Å². The van der Waals surface area contributed by atoms with Crippen LogP contribution in [0.1, 0.15) is 0 Å². The first-order valence-corrected chi connectivity index (χ1v) is 2.76. The van der Waals surface area contributed by atoms with Crippen molar-refractivity contribution < 1.29 is 17.2 Å². The van der Waals surface area contributed by atoms with Crippen molar-refractivity contribution in [2.24, 2.45) is 0 Å². The molecule has 0 heterocycles. The van der Waals surface area contributed by atoms with Crippen molar-refractivity contribution in [3.8, 4) is 0 Å². The molecule has 0 aliphatic heterocycles. The zero-order valence-corrected chi connectivity index (χ0v) is 3.87. The van der Waals surface area contributed by atoms with Gasteiger partial charge in [0.15, 0.2) is 0 Å². The van der Waals surface area contributed by atoms with Crippen molar-refractivity contribution in [1.29, 1.82) is 0 Å². The summed E-state index contributed by atoms with van der Waals surface area (Å²) in [6.07, 6.45) is 0. The Balaban J connectivity index is 4.10. The number of halogens is 2. The Morgan fingerprint density at radius 3 is 1.57 bits per heavy atom. The molecule has 0 saturated carbocycles. The monoisotopic (exact) mass is 130 g/mol. The van der Waals surface area contributed by atoms with Crippen molar-refractivity contribution in [3.05, 3.63) is 0 Å². The van der Waals surface area contributed by atoms with E-state index in [1.54, 1.807) is 0 Å². The lowest BCUT2D eigenvalue weighted by atomic mass is 11.7. The first-order valence-electron chi connectivity index (χ1n) is 1.21. The van der Waals surface area contributed by atoms with Crippen molar-refractivity contribution in [1.82, 2.24) is 5.14 Å². The lowest BCUT2D eigenvalue weighted by Crippen LogP contribution is -2.10. The lowest BCUT2D eigenvalue weighted by Gasteiger charge is -1.87. The average Bonchev–Trinajstić information content (AvgIpc) is 1.31. The van der Waals surface area contributed by atoms with E-state index in [1.165, 1.54) is 0 Å². The number of sulfonamides is 1. The normalized spacial score (nSPS) is 12.6. The van der Waals surface area contributed by atoms with Crippen LogP contribution in [0, 0.1) is 0 Å². The van der Waals surface area contributed by atoms with E-state index < -0.39 is 15.8 Å². The van der Waals surface area contributed by atoms with E-state index in [9.17, 15) is 17.2 Å². The van der Waals surface area contributed by atoms with E-state index in [1.807, 2.05) is 0 Å². The zero-order chi connectivity index (χ0) is 6.08. The quantitative estimate of drug-likeness (QED) is 0.494. The van der Waals surface area contributed by atoms with Crippen LogP contribution in [0.15, 0.2) is 0 Å². The minimum absolute atomic E-state index is 3.56. The van der Waals surface area contributed by atoms with Gasteiger partial charge in [-0.05, 0) is 0 Å². The zero-order valence-electron chi connectivity index (χ0n) is 3.06. The van der Waals surface area contributed by atoms with E-state index in [4.69, 9.17) is 5.14 Å². The molecule has 0 aliphatic carbocycles. The fourth-order valence-corrected chi connectivity index (χ4v) is 0. The second-order valence-electron chi connectivity index (χ2n) is 0.806. The Kier molecular flexibility index (Phi) is 1.65. The molecule has 0 fully saturated rings. The molecule has 3 nitrogen and oxygen atoms in total. The van der Waals surface area contributed by atoms with E-state index in [-0.39, 0.29) is 0 Å². The molecule has 7 heavy (non-hydrogen) atoms. The molecule has 0 atom stereocenters. The van der Waals surface area contributed by atoms with Crippen molar-refractivity contribution in [3.63, 3.8) is 0 Å². The van der Waals surface area contributed by atoms with E-state index in [0.717, 1.165) is 0 Å². The smallest absolute Gasteiger partial charge is 0.205 e. The van der Waals surface area contributed by atoms with Gasteiger partial charge in [-0.2, -0.15) is 8.78 Å². The third-order valence-electron chi connectivity index (χ3n) is 0.235. The highest BCUT2D eigenvalue weighted by Crippen LogP contribution is 1.97. The number of nitrogens with one attached hydrogen (secondary N) is 1. The van der Waals surface area contributed by atoms with Crippen LogP contribution in [0.4, 0.5) is 8.78 Å². The molecule has 0 saturated heterocycles. The van der Waals surface area contributed by atoms with Crippen LogP contribution in [0.5, 0.6) is 0 Å². The van der Waals surface area contributed by atoms with Gasteiger partial charge in [-0.3, -0.25) is 0 Å². The summed E-state index contributed by atoms with van der Waals surface area (Å²) in [4.78, 5) is 0. The van der Waals surface area contributed by atoms with Crippen molar-refractivity contribution >= 4 is 10.0 Å². The molecule has 0 spiro atoms. The highest BCUT2D eigenvalue weighted by molar-refractivity contribution is 7.89. The summed E-state index contributed by atoms with van der Waals surface area (Å²) in [5.74, 6) is -3.56. The van der Waals surface area contributed by atoms with Gasteiger partial charge >= 0.3 is 5.76 Å². The molecule has 1 radical (unpaired) electrons. The Labute approximate surface area is 39.2 Å². The Morgan fingerprint density at radius 2 is 1.57 bits per heavy atom. The van der Waals surface area contributed by atoms with Crippen LogP contribution in [0.2, 0.25) is 0 Å². The van der Waals surface area contributed by atoms with Crippen LogP contribution in [0.25, 0.3) is 0 Å². The third-order valence-corrected chi connectivity index (χ3v) is 0.704. The largest absolute Gasteiger partial charge is 0.351 e. The van der Waals surface area contributed by atoms with Gasteiger partial charge in [0.1, 0.15) is 0 Å². The number of rotatable bonds is 1. The molecule has 0 aliphatic rings. The fraction of sp³-hybridized carbons (Fsp3) is 1.00. The maximum Gasteiger partial charge on any atom is 0.351 e. The van der Waals surface area contributed by atoms with Gasteiger partial charge in [0.2, 0.25) is 0 Å². The van der Waals surface area contributed by atoms with Gasteiger partial charge in [0, 0.05) is 0 Å². The maximum atomic E-state index is 10.8. The van der Waals surface area contributed by atoms with E-state index >= 15 is 0 Å². The first-order chi connectivity index (χ1) is 2.94. The predicted octanol–water partition coefficient (Wildman–Crippen LogP) is -0.178. The first kappa shape index (κ1) is 6.77. The second kappa shape index (κ2) is 1.71. The highest BCUT2D eigenvalue weighted by atomic mass is 32.2. The summed E-state index contributed by atoms with van der Waals surface area (Å²) < 4.78 is 40.0. The van der Waals surface area contributed by atoms with Crippen molar-refractivity contribution in [2.75, 3.05) is 0 Å². The van der Waals surface area contributed by atoms with Gasteiger partial charge in [-0.15, -0.1) is 5.14 Å². The van der Waals surface area contributed by atoms with Crippen molar-refractivity contribution in [2.45, 2.75) is 5.76 Å². The molecule has 0 unspecified atom stereocenters. The molecule has 0 rings (SSSR count). The third kappa shape index (κ3) is 2.46. The summed E-state index contributed by atoms with van der Waals surface area (Å²) in [5.41, 5.74) is 0. The minimum Gasteiger partial charge on any atom is -0.205 e. The molecule has 6 heteroatoms. The van der Waals surface area contributed by atoms with Crippen LogP contribution < -0.4 is 5.14 Å². The van der Waals surface area contributed by atoms with Crippen LogP contribution in [-0.2, 0) is 10.0 Å². The molecule has 43 valence electrons. The maximum absolute atomic E-state index is 10.8. The average molecular weight is 130 g/mol. The summed E-state index contributed by atoms with van der Waals surface area (Å²) in [6, 6.07) is 0. The van der Waals surface area contributed by atoms with Gasteiger partial charge in [-0.1, -0.05) is 0 Å². The minimum atomic E-state index is -4.82. The molecule has 0 aromatic heterocycles. The van der Waals surface area contributed by atoms with Gasteiger partial charge < -0.3 is 0 Å². The summed E-state index contributed by atoms with van der Waals surface area (Å²) in [7, 11) is -4.82. The molecule has 1 N–H and O–H groups in total. The molecular weight excluding hydrogens is 128 g/mol.